The van der Waals surface area contributed by atoms with Crippen LogP contribution in [0.1, 0.15) is 69.7 Å². The molecule has 35 heavy (non-hydrogen) atoms. The van der Waals surface area contributed by atoms with E-state index in [2.05, 4.69) is 109 Å². The fourth-order valence-electron chi connectivity index (χ4n) is 4.77. The summed E-state index contributed by atoms with van der Waals surface area (Å²) in [6.07, 6.45) is 2.34. The molecule has 0 aromatic heterocycles. The van der Waals surface area contributed by atoms with Crippen molar-refractivity contribution < 1.29 is 9.47 Å². The van der Waals surface area contributed by atoms with Gasteiger partial charge in [-0.05, 0) is 101 Å². The molecule has 4 nitrogen and oxygen atoms in total. The van der Waals surface area contributed by atoms with E-state index in [1.165, 1.54) is 28.7 Å². The van der Waals surface area contributed by atoms with Crippen LogP contribution in [0.15, 0.2) is 36.4 Å². The van der Waals surface area contributed by atoms with Gasteiger partial charge in [-0.25, -0.2) is 0 Å². The van der Waals surface area contributed by atoms with Crippen molar-refractivity contribution >= 4 is 0 Å². The van der Waals surface area contributed by atoms with Crippen LogP contribution in [0.4, 0.5) is 0 Å². The molecule has 0 aliphatic heterocycles. The molecule has 196 valence electrons. The van der Waals surface area contributed by atoms with Crippen molar-refractivity contribution in [2.75, 3.05) is 26.3 Å². The average Bonchev–Trinajstić information content (AvgIpc) is 2.76. The predicted octanol–water partition coefficient (Wildman–Crippen LogP) is 6.78. The Balaban J connectivity index is 1.65. The van der Waals surface area contributed by atoms with E-state index in [9.17, 15) is 0 Å². The van der Waals surface area contributed by atoms with Crippen LogP contribution in [0.2, 0.25) is 0 Å². The Morgan fingerprint density at radius 3 is 1.60 bits per heavy atom. The third-order valence-electron chi connectivity index (χ3n) is 6.78. The zero-order valence-corrected chi connectivity index (χ0v) is 23.8. The first kappa shape index (κ1) is 29.2. The zero-order valence-electron chi connectivity index (χ0n) is 23.8. The second-order valence-electron chi connectivity index (χ2n) is 11.5. The van der Waals surface area contributed by atoms with Gasteiger partial charge in [-0.15, -0.1) is 0 Å². The molecule has 0 amide bonds. The Kier molecular flexibility index (Phi) is 11.6. The lowest BCUT2D eigenvalue weighted by Gasteiger charge is -2.30. The molecule has 3 unspecified atom stereocenters. The second-order valence-corrected chi connectivity index (χ2v) is 11.5. The average molecular weight is 483 g/mol. The lowest BCUT2D eigenvalue weighted by atomic mass is 9.80. The molecule has 0 saturated carbocycles. The topological polar surface area (TPSA) is 42.5 Å². The Morgan fingerprint density at radius 2 is 1.14 bits per heavy atom. The molecule has 2 rings (SSSR count). The molecule has 0 fully saturated rings. The van der Waals surface area contributed by atoms with E-state index in [-0.39, 0.29) is 0 Å². The SMILES string of the molecule is Cc1cccc(C)c1OCC(C)NCCC(C)(C)CC(C)CNC(C)COc1c(C)cccc1C. The van der Waals surface area contributed by atoms with Crippen LogP contribution in [0, 0.1) is 39.0 Å². The van der Waals surface area contributed by atoms with E-state index < -0.39 is 0 Å². The van der Waals surface area contributed by atoms with Gasteiger partial charge < -0.3 is 20.1 Å². The van der Waals surface area contributed by atoms with Gasteiger partial charge in [-0.2, -0.15) is 0 Å². The van der Waals surface area contributed by atoms with Gasteiger partial charge in [-0.1, -0.05) is 57.2 Å². The van der Waals surface area contributed by atoms with Crippen molar-refractivity contribution in [1.82, 2.24) is 10.6 Å². The van der Waals surface area contributed by atoms with E-state index in [1.54, 1.807) is 0 Å². The van der Waals surface area contributed by atoms with Gasteiger partial charge in [0.15, 0.2) is 0 Å². The van der Waals surface area contributed by atoms with Gasteiger partial charge in [-0.3, -0.25) is 0 Å². The highest BCUT2D eigenvalue weighted by atomic mass is 16.5. The van der Waals surface area contributed by atoms with Crippen LogP contribution in [0.3, 0.4) is 0 Å². The lowest BCUT2D eigenvalue weighted by Crippen LogP contribution is -2.37. The van der Waals surface area contributed by atoms with Gasteiger partial charge in [0.25, 0.3) is 0 Å². The van der Waals surface area contributed by atoms with E-state index in [1.807, 2.05) is 0 Å². The van der Waals surface area contributed by atoms with Crippen molar-refractivity contribution in [3.8, 4) is 11.5 Å². The van der Waals surface area contributed by atoms with E-state index in [4.69, 9.17) is 9.47 Å². The third kappa shape index (κ3) is 10.2. The predicted molar refractivity (Wildman–Crippen MR) is 150 cm³/mol. The smallest absolute Gasteiger partial charge is 0.125 e. The molecule has 0 heterocycles. The maximum Gasteiger partial charge on any atom is 0.125 e. The summed E-state index contributed by atoms with van der Waals surface area (Å²) in [6, 6.07) is 13.2. The fraction of sp³-hybridized carbons (Fsp3) is 0.613. The van der Waals surface area contributed by atoms with Crippen molar-refractivity contribution in [2.24, 2.45) is 11.3 Å². The van der Waals surface area contributed by atoms with Gasteiger partial charge in [0.05, 0.1) is 0 Å². The number of para-hydroxylation sites is 2. The molecule has 2 aromatic carbocycles. The molecular formula is C31H50N2O2. The summed E-state index contributed by atoms with van der Waals surface area (Å²) >= 11 is 0. The lowest BCUT2D eigenvalue weighted by molar-refractivity contribution is 0.222. The maximum atomic E-state index is 6.12. The van der Waals surface area contributed by atoms with Crippen LogP contribution < -0.4 is 20.1 Å². The monoisotopic (exact) mass is 482 g/mol. The highest BCUT2D eigenvalue weighted by molar-refractivity contribution is 5.40. The molecule has 0 aliphatic rings. The number of nitrogens with one attached hydrogen (secondary N) is 2. The highest BCUT2D eigenvalue weighted by Crippen LogP contribution is 2.29. The number of benzene rings is 2. The van der Waals surface area contributed by atoms with Gasteiger partial charge in [0, 0.05) is 12.1 Å². The van der Waals surface area contributed by atoms with Crippen LogP contribution in [0.5, 0.6) is 11.5 Å². The summed E-state index contributed by atoms with van der Waals surface area (Å²) in [6.45, 7) is 23.4. The summed E-state index contributed by atoms with van der Waals surface area (Å²) in [5, 5.41) is 7.33. The highest BCUT2D eigenvalue weighted by Gasteiger charge is 2.21. The molecule has 3 atom stereocenters. The molecule has 0 radical (unpaired) electrons. The van der Waals surface area contributed by atoms with Crippen molar-refractivity contribution in [1.29, 1.82) is 0 Å². The summed E-state index contributed by atoms with van der Waals surface area (Å²) < 4.78 is 12.2. The quantitative estimate of drug-likeness (QED) is 0.294. The molecule has 0 aliphatic carbocycles. The number of rotatable bonds is 15. The van der Waals surface area contributed by atoms with Crippen LogP contribution in [-0.4, -0.2) is 38.4 Å². The van der Waals surface area contributed by atoms with Crippen molar-refractivity contribution in [2.45, 2.75) is 87.2 Å². The molecule has 2 N–H and O–H groups in total. The number of hydrogen-bond donors (Lipinski definition) is 2. The Morgan fingerprint density at radius 1 is 0.714 bits per heavy atom. The van der Waals surface area contributed by atoms with Gasteiger partial charge in [0.1, 0.15) is 24.7 Å². The van der Waals surface area contributed by atoms with Crippen LogP contribution in [0.25, 0.3) is 0 Å². The van der Waals surface area contributed by atoms with E-state index >= 15 is 0 Å². The number of ether oxygens (including phenoxy) is 2. The van der Waals surface area contributed by atoms with E-state index in [0.717, 1.165) is 31.0 Å². The van der Waals surface area contributed by atoms with E-state index in [0.29, 0.717) is 36.6 Å². The number of hydrogen-bond acceptors (Lipinski definition) is 4. The summed E-state index contributed by atoms with van der Waals surface area (Å²) in [7, 11) is 0. The third-order valence-corrected chi connectivity index (χ3v) is 6.78. The normalized spacial score (nSPS) is 14.4. The van der Waals surface area contributed by atoms with Crippen LogP contribution in [-0.2, 0) is 0 Å². The van der Waals surface area contributed by atoms with Crippen molar-refractivity contribution in [3.63, 3.8) is 0 Å². The Labute approximate surface area is 215 Å². The molecule has 0 bridgehead atoms. The first-order valence-electron chi connectivity index (χ1n) is 13.3. The minimum absolute atomic E-state index is 0.291. The van der Waals surface area contributed by atoms with Crippen molar-refractivity contribution in [3.05, 3.63) is 58.7 Å². The first-order valence-corrected chi connectivity index (χ1v) is 13.3. The standard InChI is InChI=1S/C31H50N2O2/c1-22(19-33-28(7)21-35-30-25(4)14-11-15-26(30)5)18-31(8,9)16-17-32-27(6)20-34-29-23(2)12-10-13-24(29)3/h10-15,22,27-28,32-33H,16-21H2,1-9H3. The minimum atomic E-state index is 0.291. The second kappa shape index (κ2) is 13.9. The number of aryl methyl sites for hydroxylation is 4. The zero-order chi connectivity index (χ0) is 26.0. The summed E-state index contributed by atoms with van der Waals surface area (Å²) in [5.41, 5.74) is 5.10. The van der Waals surface area contributed by atoms with Crippen LogP contribution >= 0.6 is 0 Å². The molecular weight excluding hydrogens is 432 g/mol. The maximum absolute atomic E-state index is 6.12. The fourth-order valence-corrected chi connectivity index (χ4v) is 4.77. The Bertz CT molecular complexity index is 868. The Hall–Kier alpha value is -2.04. The first-order chi connectivity index (χ1) is 16.5. The molecule has 0 saturated heterocycles. The molecule has 0 spiro atoms. The summed E-state index contributed by atoms with van der Waals surface area (Å²) in [5.74, 6) is 2.66. The van der Waals surface area contributed by atoms with Gasteiger partial charge >= 0.3 is 0 Å². The molecule has 2 aromatic rings. The minimum Gasteiger partial charge on any atom is -0.491 e. The molecule has 4 heteroatoms. The van der Waals surface area contributed by atoms with Gasteiger partial charge in [0.2, 0.25) is 0 Å². The largest absolute Gasteiger partial charge is 0.491 e. The summed E-state index contributed by atoms with van der Waals surface area (Å²) in [4.78, 5) is 0.